The summed E-state index contributed by atoms with van der Waals surface area (Å²) in [5.41, 5.74) is 3.11. The van der Waals surface area contributed by atoms with Gasteiger partial charge in [0.15, 0.2) is 11.5 Å². The number of carbonyl (C=O) groups excluding carboxylic acids is 1. The third kappa shape index (κ3) is 3.65. The number of aromatic nitrogens is 4. The van der Waals surface area contributed by atoms with Crippen LogP contribution < -0.4 is 5.32 Å². The molecule has 1 aromatic carbocycles. The molecule has 3 aromatic heterocycles. The van der Waals surface area contributed by atoms with E-state index < -0.39 is 0 Å². The average molecular weight is 374 g/mol. The Kier molecular flexibility index (Phi) is 4.90. The maximum Gasteiger partial charge on any atom is 0.251 e. The molecule has 1 N–H and O–H groups in total. The Morgan fingerprint density at radius 1 is 1.11 bits per heavy atom. The van der Waals surface area contributed by atoms with Crippen LogP contribution in [0.1, 0.15) is 10.4 Å². The molecule has 0 radical (unpaired) electrons. The molecule has 0 bridgehead atoms. The number of hydrogen-bond acceptors (Lipinski definition) is 4. The zero-order valence-corrected chi connectivity index (χ0v) is 15.9. The third-order valence-electron chi connectivity index (χ3n) is 4.48. The minimum atomic E-state index is -0.0847. The van der Waals surface area contributed by atoms with E-state index in [4.69, 9.17) is 5.10 Å². The smallest absolute Gasteiger partial charge is 0.251 e. The molecule has 0 aliphatic rings. The summed E-state index contributed by atoms with van der Waals surface area (Å²) >= 11 is 0. The van der Waals surface area contributed by atoms with Gasteiger partial charge in [-0.15, -0.1) is 5.10 Å². The van der Waals surface area contributed by atoms with Gasteiger partial charge in [-0.2, -0.15) is 0 Å². The van der Waals surface area contributed by atoms with E-state index in [2.05, 4.69) is 10.3 Å². The molecule has 0 aliphatic carbocycles. The first kappa shape index (κ1) is 17.9. The Bertz CT molecular complexity index is 1100. The van der Waals surface area contributed by atoms with Crippen LogP contribution in [0.2, 0.25) is 0 Å². The van der Waals surface area contributed by atoms with Crippen LogP contribution in [0, 0.1) is 0 Å². The van der Waals surface area contributed by atoms with Gasteiger partial charge in [-0.3, -0.25) is 4.79 Å². The summed E-state index contributed by atoms with van der Waals surface area (Å²) in [4.78, 5) is 18.9. The van der Waals surface area contributed by atoms with Crippen molar-refractivity contribution in [3.05, 3.63) is 72.7 Å². The van der Waals surface area contributed by atoms with Crippen LogP contribution in [-0.2, 0) is 0 Å². The quantitative estimate of drug-likeness (QED) is 0.563. The number of fused-ring (bicyclic) bond motifs is 1. The number of carbonyl (C=O) groups is 1. The number of benzene rings is 1. The predicted molar refractivity (Wildman–Crippen MR) is 109 cm³/mol. The van der Waals surface area contributed by atoms with Gasteiger partial charge in [0.05, 0.1) is 11.9 Å². The van der Waals surface area contributed by atoms with Crippen molar-refractivity contribution in [3.63, 3.8) is 0 Å². The van der Waals surface area contributed by atoms with Crippen LogP contribution in [0.4, 0.5) is 0 Å². The van der Waals surface area contributed by atoms with Gasteiger partial charge in [0.1, 0.15) is 0 Å². The molecular formula is C21H22N6O. The zero-order valence-electron chi connectivity index (χ0n) is 15.9. The molecule has 0 atom stereocenters. The minimum Gasteiger partial charge on any atom is -0.351 e. The summed E-state index contributed by atoms with van der Waals surface area (Å²) in [5.74, 6) is 0.716. The van der Waals surface area contributed by atoms with Crippen molar-refractivity contribution in [2.24, 2.45) is 0 Å². The molecule has 0 aliphatic heterocycles. The van der Waals surface area contributed by atoms with Crippen molar-refractivity contribution in [1.82, 2.24) is 29.4 Å². The molecule has 7 nitrogen and oxygen atoms in total. The summed E-state index contributed by atoms with van der Waals surface area (Å²) in [6, 6.07) is 15.3. The first-order chi connectivity index (χ1) is 13.6. The maximum atomic E-state index is 12.5. The molecular weight excluding hydrogens is 352 g/mol. The van der Waals surface area contributed by atoms with Crippen LogP contribution in [0.25, 0.3) is 22.7 Å². The van der Waals surface area contributed by atoms with E-state index in [1.165, 1.54) is 0 Å². The molecule has 1 amide bonds. The summed E-state index contributed by atoms with van der Waals surface area (Å²) in [6.07, 6.45) is 5.68. The Morgan fingerprint density at radius 3 is 2.71 bits per heavy atom. The van der Waals surface area contributed by atoms with Gasteiger partial charge in [0, 0.05) is 36.6 Å². The van der Waals surface area contributed by atoms with Crippen molar-refractivity contribution in [3.8, 4) is 17.1 Å². The predicted octanol–water partition coefficient (Wildman–Crippen LogP) is 2.48. The number of imidazole rings is 1. The molecule has 0 saturated carbocycles. The first-order valence-electron chi connectivity index (χ1n) is 9.13. The van der Waals surface area contributed by atoms with E-state index >= 15 is 0 Å². The van der Waals surface area contributed by atoms with Crippen molar-refractivity contribution >= 4 is 11.6 Å². The van der Waals surface area contributed by atoms with E-state index in [1.54, 1.807) is 10.7 Å². The van der Waals surface area contributed by atoms with Crippen molar-refractivity contribution < 1.29 is 4.79 Å². The maximum absolute atomic E-state index is 12.5. The fraction of sp³-hybridized carbons (Fsp3) is 0.190. The lowest BCUT2D eigenvalue weighted by atomic mass is 10.1. The Balaban J connectivity index is 1.65. The Labute approximate surface area is 163 Å². The fourth-order valence-corrected chi connectivity index (χ4v) is 3.00. The fourth-order valence-electron chi connectivity index (χ4n) is 3.00. The molecule has 4 aromatic rings. The third-order valence-corrected chi connectivity index (χ3v) is 4.48. The number of rotatable bonds is 6. The van der Waals surface area contributed by atoms with Gasteiger partial charge >= 0.3 is 0 Å². The largest absolute Gasteiger partial charge is 0.351 e. The topological polar surface area (TPSA) is 67.5 Å². The lowest BCUT2D eigenvalue weighted by Crippen LogP contribution is -2.31. The van der Waals surface area contributed by atoms with E-state index in [-0.39, 0.29) is 5.91 Å². The molecule has 7 heteroatoms. The van der Waals surface area contributed by atoms with Crippen LogP contribution >= 0.6 is 0 Å². The van der Waals surface area contributed by atoms with Gasteiger partial charge < -0.3 is 14.8 Å². The van der Waals surface area contributed by atoms with Gasteiger partial charge in [0.2, 0.25) is 0 Å². The SMILES string of the molecule is CN(C)CCNC(=O)c1cccc(-c2cnc3ccc(-n4cccc4)nn23)c1. The molecule has 0 unspecified atom stereocenters. The highest BCUT2D eigenvalue weighted by atomic mass is 16.1. The van der Waals surface area contributed by atoms with E-state index in [9.17, 15) is 4.79 Å². The molecule has 28 heavy (non-hydrogen) atoms. The van der Waals surface area contributed by atoms with E-state index in [0.29, 0.717) is 12.1 Å². The minimum absolute atomic E-state index is 0.0847. The number of amides is 1. The summed E-state index contributed by atoms with van der Waals surface area (Å²) in [6.45, 7) is 1.40. The van der Waals surface area contributed by atoms with Crippen molar-refractivity contribution in [2.75, 3.05) is 27.2 Å². The Morgan fingerprint density at radius 2 is 1.93 bits per heavy atom. The number of likely N-dealkylation sites (N-methyl/N-ethyl adjacent to an activating group) is 1. The molecule has 0 saturated heterocycles. The first-order valence-corrected chi connectivity index (χ1v) is 9.13. The molecule has 142 valence electrons. The molecule has 0 spiro atoms. The summed E-state index contributed by atoms with van der Waals surface area (Å²) in [5, 5.41) is 7.65. The standard InChI is InChI=1S/C21H22N6O/c1-25(2)13-10-22-21(28)17-7-5-6-16(14-17)18-15-23-19-8-9-20(24-27(18)19)26-11-3-4-12-26/h3-9,11-12,14-15H,10,13H2,1-2H3,(H,22,28). The zero-order chi connectivity index (χ0) is 19.5. The summed E-state index contributed by atoms with van der Waals surface area (Å²) < 4.78 is 3.75. The number of hydrogen-bond donors (Lipinski definition) is 1. The van der Waals surface area contributed by atoms with Crippen LogP contribution in [-0.4, -0.2) is 57.2 Å². The Hall–Kier alpha value is -3.45. The monoisotopic (exact) mass is 374 g/mol. The van der Waals surface area contributed by atoms with Gasteiger partial charge in [0.25, 0.3) is 5.91 Å². The van der Waals surface area contributed by atoms with E-state index in [1.807, 2.05) is 84.5 Å². The van der Waals surface area contributed by atoms with Crippen LogP contribution in [0.5, 0.6) is 0 Å². The van der Waals surface area contributed by atoms with Crippen LogP contribution in [0.3, 0.4) is 0 Å². The lowest BCUT2D eigenvalue weighted by molar-refractivity contribution is 0.0951. The van der Waals surface area contributed by atoms with Gasteiger partial charge in [-0.05, 0) is 50.5 Å². The molecule has 3 heterocycles. The highest BCUT2D eigenvalue weighted by molar-refractivity contribution is 5.95. The van der Waals surface area contributed by atoms with Crippen molar-refractivity contribution in [2.45, 2.75) is 0 Å². The number of nitrogens with zero attached hydrogens (tertiary/aromatic N) is 5. The number of nitrogens with one attached hydrogen (secondary N) is 1. The normalized spacial score (nSPS) is 11.2. The molecule has 0 fully saturated rings. The van der Waals surface area contributed by atoms with Gasteiger partial charge in [-0.1, -0.05) is 12.1 Å². The van der Waals surface area contributed by atoms with Gasteiger partial charge in [-0.25, -0.2) is 9.50 Å². The second-order valence-electron chi connectivity index (χ2n) is 6.84. The summed E-state index contributed by atoms with van der Waals surface area (Å²) in [7, 11) is 3.96. The second-order valence-corrected chi connectivity index (χ2v) is 6.84. The van der Waals surface area contributed by atoms with E-state index in [0.717, 1.165) is 29.3 Å². The van der Waals surface area contributed by atoms with Crippen LogP contribution in [0.15, 0.2) is 67.1 Å². The average Bonchev–Trinajstić information content (AvgIpc) is 3.37. The highest BCUT2D eigenvalue weighted by Gasteiger charge is 2.12. The second kappa shape index (κ2) is 7.66. The molecule has 4 rings (SSSR count). The highest BCUT2D eigenvalue weighted by Crippen LogP contribution is 2.22. The lowest BCUT2D eigenvalue weighted by Gasteiger charge is -2.11. The van der Waals surface area contributed by atoms with Crippen molar-refractivity contribution in [1.29, 1.82) is 0 Å².